The molecule has 2 heterocycles. The Balaban J connectivity index is 0.00000261. The zero-order valence-corrected chi connectivity index (χ0v) is 18.4. The number of imidazole rings is 1. The number of oxazole rings is 1. The monoisotopic (exact) mass is 482 g/mol. The van der Waals surface area contributed by atoms with Gasteiger partial charge < -0.3 is 19.6 Å². The summed E-state index contributed by atoms with van der Waals surface area (Å²) >= 11 is 0. The van der Waals surface area contributed by atoms with Crippen molar-refractivity contribution < 1.29 is 4.42 Å². The van der Waals surface area contributed by atoms with Crippen molar-refractivity contribution in [1.82, 2.24) is 25.2 Å². The highest BCUT2D eigenvalue weighted by atomic mass is 127. The van der Waals surface area contributed by atoms with Crippen molar-refractivity contribution in [1.29, 1.82) is 0 Å². The lowest BCUT2D eigenvalue weighted by Gasteiger charge is -2.11. The summed E-state index contributed by atoms with van der Waals surface area (Å²) in [4.78, 5) is 13.3. The van der Waals surface area contributed by atoms with E-state index in [1.54, 1.807) is 0 Å². The van der Waals surface area contributed by atoms with Crippen molar-refractivity contribution in [2.45, 2.75) is 40.3 Å². The van der Waals surface area contributed by atoms with Gasteiger partial charge in [-0.3, -0.25) is 0 Å². The van der Waals surface area contributed by atoms with E-state index in [2.05, 4.69) is 36.2 Å². The second kappa shape index (κ2) is 10.3. The van der Waals surface area contributed by atoms with Crippen LogP contribution in [0.3, 0.4) is 0 Å². The first-order valence-corrected chi connectivity index (χ1v) is 9.02. The third kappa shape index (κ3) is 5.69. The van der Waals surface area contributed by atoms with E-state index < -0.39 is 0 Å². The number of fused-ring (bicyclic) bond motifs is 1. The van der Waals surface area contributed by atoms with E-state index in [0.717, 1.165) is 49.0 Å². The number of rotatable bonds is 7. The molecule has 7 nitrogen and oxygen atoms in total. The first kappa shape index (κ1) is 21.2. The van der Waals surface area contributed by atoms with E-state index in [4.69, 9.17) is 4.42 Å². The Bertz CT molecular complexity index is 866. The van der Waals surface area contributed by atoms with Crippen LogP contribution in [0.25, 0.3) is 11.0 Å². The smallest absolute Gasteiger partial charge is 0.216 e. The molecule has 0 aliphatic rings. The van der Waals surface area contributed by atoms with Gasteiger partial charge in [0.1, 0.15) is 12.3 Å². The second-order valence-electron chi connectivity index (χ2n) is 6.15. The van der Waals surface area contributed by atoms with Crippen LogP contribution in [0.4, 0.5) is 0 Å². The highest BCUT2D eigenvalue weighted by molar-refractivity contribution is 14.0. The number of nitrogens with one attached hydrogen (secondary N) is 2. The summed E-state index contributed by atoms with van der Waals surface area (Å²) in [6.45, 7) is 8.87. The lowest BCUT2D eigenvalue weighted by atomic mass is 10.3. The van der Waals surface area contributed by atoms with Crippen molar-refractivity contribution >= 4 is 41.0 Å². The topological polar surface area (TPSA) is 80.3 Å². The second-order valence-corrected chi connectivity index (χ2v) is 6.15. The minimum absolute atomic E-state index is 0. The number of hydrogen-bond donors (Lipinski definition) is 2. The average molecular weight is 482 g/mol. The van der Waals surface area contributed by atoms with Crippen molar-refractivity contribution in [2.24, 2.45) is 4.99 Å². The van der Waals surface area contributed by atoms with Gasteiger partial charge in [-0.2, -0.15) is 0 Å². The molecule has 0 unspecified atom stereocenters. The summed E-state index contributed by atoms with van der Waals surface area (Å²) in [7, 11) is 0. The molecule has 0 aliphatic heterocycles. The highest BCUT2D eigenvalue weighted by Crippen LogP contribution is 2.12. The summed E-state index contributed by atoms with van der Waals surface area (Å²) in [6, 6.07) is 8.19. The Hall–Kier alpha value is -2.10. The Morgan fingerprint density at radius 1 is 1.22 bits per heavy atom. The molecule has 0 aliphatic carbocycles. The van der Waals surface area contributed by atoms with E-state index in [-0.39, 0.29) is 24.0 Å². The third-order valence-corrected chi connectivity index (χ3v) is 4.19. The fourth-order valence-corrected chi connectivity index (χ4v) is 2.74. The molecule has 3 aromatic rings. The van der Waals surface area contributed by atoms with E-state index in [0.29, 0.717) is 12.4 Å². The third-order valence-electron chi connectivity index (χ3n) is 4.19. The predicted molar refractivity (Wildman–Crippen MR) is 119 cm³/mol. The number of para-hydroxylation sites is 2. The summed E-state index contributed by atoms with van der Waals surface area (Å²) in [5.41, 5.74) is 3.12. The quantitative estimate of drug-likeness (QED) is 0.234. The molecule has 8 heteroatoms. The Labute approximate surface area is 176 Å². The molecule has 0 amide bonds. The molecule has 0 radical (unpaired) electrons. The summed E-state index contributed by atoms with van der Waals surface area (Å²) in [5, 5.41) is 6.61. The molecule has 2 aromatic heterocycles. The minimum atomic E-state index is 0. The highest BCUT2D eigenvalue weighted by Gasteiger charge is 2.06. The molecule has 0 fully saturated rings. The fraction of sp³-hybridized carbons (Fsp3) is 0.421. The SMILES string of the molecule is CCNC(=NCc1nc(C)c(C)o1)NCCCn1cnc2ccccc21.I. The fourth-order valence-electron chi connectivity index (χ4n) is 2.74. The summed E-state index contributed by atoms with van der Waals surface area (Å²) in [6.07, 6.45) is 2.87. The van der Waals surface area contributed by atoms with Crippen LogP contribution in [0, 0.1) is 13.8 Å². The number of aromatic nitrogens is 3. The number of halogens is 1. The van der Waals surface area contributed by atoms with Crippen molar-refractivity contribution in [3.05, 3.63) is 47.9 Å². The van der Waals surface area contributed by atoms with Gasteiger partial charge in [-0.05, 0) is 39.3 Å². The standard InChI is InChI=1S/C19H26N6O.HI/c1-4-20-19(22-12-18-24-14(2)15(3)26-18)21-10-7-11-25-13-23-16-8-5-6-9-17(16)25;/h5-6,8-9,13H,4,7,10-12H2,1-3H3,(H2,20,21,22);1H. The number of guanidine groups is 1. The van der Waals surface area contributed by atoms with Crippen LogP contribution in [0.15, 0.2) is 40.0 Å². The lowest BCUT2D eigenvalue weighted by Crippen LogP contribution is -2.38. The molecule has 0 atom stereocenters. The van der Waals surface area contributed by atoms with Gasteiger partial charge in [0.25, 0.3) is 0 Å². The predicted octanol–water partition coefficient (Wildman–Crippen LogP) is 3.40. The van der Waals surface area contributed by atoms with Crippen LogP contribution in [0.1, 0.15) is 30.7 Å². The van der Waals surface area contributed by atoms with Gasteiger partial charge in [-0.25, -0.2) is 15.0 Å². The molecule has 2 N–H and O–H groups in total. The van der Waals surface area contributed by atoms with Crippen LogP contribution in [0.2, 0.25) is 0 Å². The van der Waals surface area contributed by atoms with Crippen molar-refractivity contribution in [3.8, 4) is 0 Å². The first-order valence-electron chi connectivity index (χ1n) is 9.02. The minimum Gasteiger partial charge on any atom is -0.444 e. The summed E-state index contributed by atoms with van der Waals surface area (Å²) in [5.74, 6) is 2.26. The molecule has 1 aromatic carbocycles. The lowest BCUT2D eigenvalue weighted by molar-refractivity contribution is 0.472. The number of nitrogens with zero attached hydrogens (tertiary/aromatic N) is 4. The number of aryl methyl sites for hydroxylation is 3. The molecule has 27 heavy (non-hydrogen) atoms. The van der Waals surface area contributed by atoms with Gasteiger partial charge in [0.15, 0.2) is 5.96 Å². The van der Waals surface area contributed by atoms with Crippen LogP contribution >= 0.6 is 24.0 Å². The van der Waals surface area contributed by atoms with Crippen molar-refractivity contribution in [3.63, 3.8) is 0 Å². The molecule has 146 valence electrons. The molecular weight excluding hydrogens is 455 g/mol. The van der Waals surface area contributed by atoms with Gasteiger partial charge >= 0.3 is 0 Å². The molecular formula is C19H27IN6O. The maximum absolute atomic E-state index is 5.57. The van der Waals surface area contributed by atoms with Crippen LogP contribution in [-0.4, -0.2) is 33.6 Å². The molecule has 3 rings (SSSR count). The zero-order chi connectivity index (χ0) is 18.4. The first-order chi connectivity index (χ1) is 12.7. The Kier molecular flexibility index (Phi) is 8.08. The van der Waals surface area contributed by atoms with Gasteiger partial charge in [-0.15, -0.1) is 24.0 Å². The van der Waals surface area contributed by atoms with Gasteiger partial charge in [0.05, 0.1) is 23.1 Å². The number of aliphatic imine (C=N–C) groups is 1. The molecule has 0 saturated heterocycles. The van der Waals surface area contributed by atoms with Crippen LogP contribution in [-0.2, 0) is 13.1 Å². The molecule has 0 saturated carbocycles. The van der Waals surface area contributed by atoms with Gasteiger partial charge in [-0.1, -0.05) is 12.1 Å². The van der Waals surface area contributed by atoms with E-state index in [1.165, 1.54) is 5.52 Å². The number of hydrogen-bond acceptors (Lipinski definition) is 4. The number of benzene rings is 1. The Morgan fingerprint density at radius 2 is 2.04 bits per heavy atom. The van der Waals surface area contributed by atoms with E-state index >= 15 is 0 Å². The van der Waals surface area contributed by atoms with Gasteiger partial charge in [0.2, 0.25) is 5.89 Å². The average Bonchev–Trinajstić information content (AvgIpc) is 3.20. The zero-order valence-electron chi connectivity index (χ0n) is 16.0. The van der Waals surface area contributed by atoms with E-state index in [1.807, 2.05) is 45.3 Å². The summed E-state index contributed by atoms with van der Waals surface area (Å²) < 4.78 is 7.75. The molecule has 0 bridgehead atoms. The van der Waals surface area contributed by atoms with Crippen molar-refractivity contribution in [2.75, 3.05) is 13.1 Å². The van der Waals surface area contributed by atoms with E-state index in [9.17, 15) is 0 Å². The van der Waals surface area contributed by atoms with Crippen LogP contribution in [0.5, 0.6) is 0 Å². The van der Waals surface area contributed by atoms with Gasteiger partial charge in [0, 0.05) is 19.6 Å². The maximum atomic E-state index is 5.57. The normalized spacial score (nSPS) is 11.4. The van der Waals surface area contributed by atoms with Crippen LogP contribution < -0.4 is 10.6 Å². The Morgan fingerprint density at radius 3 is 2.78 bits per heavy atom. The maximum Gasteiger partial charge on any atom is 0.216 e. The largest absolute Gasteiger partial charge is 0.444 e. The molecule has 0 spiro atoms.